The predicted octanol–water partition coefficient (Wildman–Crippen LogP) is 1.20. The predicted molar refractivity (Wildman–Crippen MR) is 62.2 cm³/mol. The van der Waals surface area contributed by atoms with Crippen molar-refractivity contribution in [2.75, 3.05) is 19.8 Å². The van der Waals surface area contributed by atoms with Crippen LogP contribution in [-0.4, -0.2) is 42.6 Å². The molecule has 0 amide bonds. The van der Waals surface area contributed by atoms with Crippen molar-refractivity contribution in [2.24, 2.45) is 5.73 Å². The minimum atomic E-state index is 0.275. The standard InChI is InChI=1S/C11H23N3O/c1-9(2)14(6-5-11(12)13)10-4-3-7-15-8-10/h9-10H,3-8H2,1-2H3,(H3,12,13). The molecule has 0 aliphatic carbocycles. The van der Waals surface area contributed by atoms with Crippen molar-refractivity contribution in [1.29, 1.82) is 5.41 Å². The molecule has 1 aliphatic heterocycles. The van der Waals surface area contributed by atoms with E-state index in [0.717, 1.165) is 26.2 Å². The van der Waals surface area contributed by atoms with Crippen LogP contribution in [0.1, 0.15) is 33.1 Å². The number of nitrogens with zero attached hydrogens (tertiary/aromatic N) is 1. The second-order valence-electron chi connectivity index (χ2n) is 4.48. The Morgan fingerprint density at radius 3 is 2.80 bits per heavy atom. The summed E-state index contributed by atoms with van der Waals surface area (Å²) >= 11 is 0. The number of nitrogens with two attached hydrogens (primary N) is 1. The third-order valence-electron chi connectivity index (χ3n) is 2.91. The molecule has 1 heterocycles. The number of hydrogen-bond acceptors (Lipinski definition) is 3. The fourth-order valence-electron chi connectivity index (χ4n) is 2.10. The largest absolute Gasteiger partial charge is 0.388 e. The van der Waals surface area contributed by atoms with Gasteiger partial charge in [0.25, 0.3) is 0 Å². The van der Waals surface area contributed by atoms with Gasteiger partial charge in [0.05, 0.1) is 12.4 Å². The van der Waals surface area contributed by atoms with Gasteiger partial charge in [-0.3, -0.25) is 10.3 Å². The number of ether oxygens (including phenoxy) is 1. The lowest BCUT2D eigenvalue weighted by Crippen LogP contribution is -2.46. The normalized spacial score (nSPS) is 22.3. The summed E-state index contributed by atoms with van der Waals surface area (Å²) in [6, 6.07) is 1.01. The zero-order valence-electron chi connectivity index (χ0n) is 9.83. The van der Waals surface area contributed by atoms with Gasteiger partial charge in [-0.05, 0) is 26.7 Å². The third kappa shape index (κ3) is 4.18. The zero-order chi connectivity index (χ0) is 11.3. The van der Waals surface area contributed by atoms with E-state index in [4.69, 9.17) is 15.9 Å². The van der Waals surface area contributed by atoms with Gasteiger partial charge >= 0.3 is 0 Å². The van der Waals surface area contributed by atoms with Gasteiger partial charge in [0, 0.05) is 31.7 Å². The first-order chi connectivity index (χ1) is 7.11. The van der Waals surface area contributed by atoms with E-state index in [1.807, 2.05) is 0 Å². The summed E-state index contributed by atoms with van der Waals surface area (Å²) in [5.74, 6) is 0.275. The number of hydrogen-bond donors (Lipinski definition) is 2. The van der Waals surface area contributed by atoms with Gasteiger partial charge in [0.1, 0.15) is 0 Å². The van der Waals surface area contributed by atoms with Crippen molar-refractivity contribution in [3.63, 3.8) is 0 Å². The molecule has 1 rings (SSSR count). The summed E-state index contributed by atoms with van der Waals surface area (Å²) in [4.78, 5) is 2.40. The average Bonchev–Trinajstić information content (AvgIpc) is 2.18. The molecule has 1 aliphatic rings. The van der Waals surface area contributed by atoms with Crippen molar-refractivity contribution in [3.05, 3.63) is 0 Å². The average molecular weight is 213 g/mol. The first-order valence-corrected chi connectivity index (χ1v) is 5.77. The highest BCUT2D eigenvalue weighted by Crippen LogP contribution is 2.16. The van der Waals surface area contributed by atoms with Crippen molar-refractivity contribution >= 4 is 5.84 Å². The molecular formula is C11H23N3O. The third-order valence-corrected chi connectivity index (χ3v) is 2.91. The van der Waals surface area contributed by atoms with Crippen LogP contribution in [-0.2, 0) is 4.74 Å². The molecule has 4 nitrogen and oxygen atoms in total. The van der Waals surface area contributed by atoms with E-state index < -0.39 is 0 Å². The van der Waals surface area contributed by atoms with Gasteiger partial charge in [-0.25, -0.2) is 0 Å². The summed E-state index contributed by atoms with van der Waals surface area (Å²) in [5, 5.41) is 7.26. The first-order valence-electron chi connectivity index (χ1n) is 5.77. The molecule has 0 radical (unpaired) electrons. The molecule has 0 aromatic rings. The fraction of sp³-hybridized carbons (Fsp3) is 0.909. The molecule has 0 aromatic carbocycles. The summed E-state index contributed by atoms with van der Waals surface area (Å²) < 4.78 is 5.49. The molecule has 0 saturated carbocycles. The SMILES string of the molecule is CC(C)N(CCC(=N)N)C1CCCOC1. The van der Waals surface area contributed by atoms with Crippen LogP contribution in [0.25, 0.3) is 0 Å². The van der Waals surface area contributed by atoms with Gasteiger partial charge < -0.3 is 10.5 Å². The Bertz CT molecular complexity index is 200. The van der Waals surface area contributed by atoms with Gasteiger partial charge in [-0.15, -0.1) is 0 Å². The number of nitrogens with one attached hydrogen (secondary N) is 1. The van der Waals surface area contributed by atoms with Crippen molar-refractivity contribution < 1.29 is 4.74 Å². The van der Waals surface area contributed by atoms with Gasteiger partial charge in [-0.2, -0.15) is 0 Å². The van der Waals surface area contributed by atoms with E-state index in [2.05, 4.69) is 18.7 Å². The molecule has 0 bridgehead atoms. The quantitative estimate of drug-likeness (QED) is 0.533. The van der Waals surface area contributed by atoms with Crippen LogP contribution in [0, 0.1) is 5.41 Å². The highest BCUT2D eigenvalue weighted by atomic mass is 16.5. The second-order valence-corrected chi connectivity index (χ2v) is 4.48. The molecule has 1 fully saturated rings. The van der Waals surface area contributed by atoms with E-state index in [1.54, 1.807) is 0 Å². The van der Waals surface area contributed by atoms with Crippen LogP contribution < -0.4 is 5.73 Å². The van der Waals surface area contributed by atoms with Crippen molar-refractivity contribution in [2.45, 2.75) is 45.2 Å². The highest BCUT2D eigenvalue weighted by molar-refractivity contribution is 5.76. The Morgan fingerprint density at radius 2 is 2.33 bits per heavy atom. The second kappa shape index (κ2) is 6.08. The summed E-state index contributed by atoms with van der Waals surface area (Å²) in [6.45, 7) is 6.98. The van der Waals surface area contributed by atoms with E-state index >= 15 is 0 Å². The molecule has 3 N–H and O–H groups in total. The Hall–Kier alpha value is -0.610. The monoisotopic (exact) mass is 213 g/mol. The molecule has 0 spiro atoms. The molecule has 1 saturated heterocycles. The van der Waals surface area contributed by atoms with E-state index in [0.29, 0.717) is 18.5 Å². The topological polar surface area (TPSA) is 62.3 Å². The lowest BCUT2D eigenvalue weighted by molar-refractivity contribution is 0.00688. The van der Waals surface area contributed by atoms with E-state index in [9.17, 15) is 0 Å². The van der Waals surface area contributed by atoms with Gasteiger partial charge in [-0.1, -0.05) is 0 Å². The van der Waals surface area contributed by atoms with Crippen LogP contribution in [0.3, 0.4) is 0 Å². The lowest BCUT2D eigenvalue weighted by Gasteiger charge is -2.36. The van der Waals surface area contributed by atoms with Crippen LogP contribution >= 0.6 is 0 Å². The lowest BCUT2D eigenvalue weighted by atomic mass is 10.1. The smallest absolute Gasteiger partial charge is 0.0918 e. The van der Waals surface area contributed by atoms with Crippen LogP contribution in [0.2, 0.25) is 0 Å². The highest BCUT2D eigenvalue weighted by Gasteiger charge is 2.23. The minimum absolute atomic E-state index is 0.275. The minimum Gasteiger partial charge on any atom is -0.388 e. The van der Waals surface area contributed by atoms with Crippen molar-refractivity contribution in [1.82, 2.24) is 4.90 Å². The van der Waals surface area contributed by atoms with E-state index in [1.165, 1.54) is 6.42 Å². The Labute approximate surface area is 92.3 Å². The Balaban J connectivity index is 2.44. The molecular weight excluding hydrogens is 190 g/mol. The summed E-state index contributed by atoms with van der Waals surface area (Å²) in [5.41, 5.74) is 5.40. The summed E-state index contributed by atoms with van der Waals surface area (Å²) in [7, 11) is 0. The Morgan fingerprint density at radius 1 is 1.60 bits per heavy atom. The fourth-order valence-corrected chi connectivity index (χ4v) is 2.10. The Kier molecular flexibility index (Phi) is 5.05. The number of amidine groups is 1. The van der Waals surface area contributed by atoms with Crippen LogP contribution in [0.15, 0.2) is 0 Å². The molecule has 1 atom stereocenters. The molecule has 88 valence electrons. The summed E-state index contributed by atoms with van der Waals surface area (Å²) in [6.07, 6.45) is 3.01. The maximum atomic E-state index is 7.26. The number of rotatable bonds is 5. The maximum absolute atomic E-state index is 7.26. The molecule has 1 unspecified atom stereocenters. The van der Waals surface area contributed by atoms with Crippen LogP contribution in [0.5, 0.6) is 0 Å². The van der Waals surface area contributed by atoms with Gasteiger partial charge in [0.2, 0.25) is 0 Å². The van der Waals surface area contributed by atoms with Crippen molar-refractivity contribution in [3.8, 4) is 0 Å². The van der Waals surface area contributed by atoms with Crippen LogP contribution in [0.4, 0.5) is 0 Å². The molecule has 15 heavy (non-hydrogen) atoms. The molecule has 4 heteroatoms. The first kappa shape index (κ1) is 12.5. The van der Waals surface area contributed by atoms with Gasteiger partial charge in [0.15, 0.2) is 0 Å². The zero-order valence-corrected chi connectivity index (χ0v) is 9.83. The molecule has 0 aromatic heterocycles. The van der Waals surface area contributed by atoms with E-state index in [-0.39, 0.29) is 5.84 Å². The maximum Gasteiger partial charge on any atom is 0.0918 e.